The second-order valence-corrected chi connectivity index (χ2v) is 9.95. The standard InChI is InChI=1S/C30H37N3O3/c1-31(2)27-14-10-24(11-15-27)30(35,25-12-16-28(17-13-25)32(3)4)26-18-20-33(21-19-26)29(34)36-22-23-8-6-5-7-9-23/h5-17,26,35H,18-22H2,1-4H3. The van der Waals surface area contributed by atoms with E-state index in [0.29, 0.717) is 25.9 Å². The highest BCUT2D eigenvalue weighted by Gasteiger charge is 2.42. The van der Waals surface area contributed by atoms with E-state index in [1.54, 1.807) is 4.90 Å². The smallest absolute Gasteiger partial charge is 0.410 e. The number of anilines is 2. The summed E-state index contributed by atoms with van der Waals surface area (Å²) in [5, 5.41) is 12.4. The van der Waals surface area contributed by atoms with Gasteiger partial charge in [-0.2, -0.15) is 0 Å². The molecule has 1 N–H and O–H groups in total. The van der Waals surface area contributed by atoms with Crippen molar-refractivity contribution in [2.24, 2.45) is 5.92 Å². The van der Waals surface area contributed by atoms with Crippen molar-refractivity contribution in [2.45, 2.75) is 25.0 Å². The lowest BCUT2D eigenvalue weighted by Crippen LogP contribution is -2.46. The average molecular weight is 488 g/mol. The largest absolute Gasteiger partial charge is 0.445 e. The van der Waals surface area contributed by atoms with Crippen molar-refractivity contribution >= 4 is 17.5 Å². The number of aliphatic hydroxyl groups is 1. The molecule has 0 spiro atoms. The van der Waals surface area contributed by atoms with Crippen molar-refractivity contribution in [1.29, 1.82) is 0 Å². The zero-order valence-corrected chi connectivity index (χ0v) is 21.7. The molecule has 3 aromatic carbocycles. The third kappa shape index (κ3) is 5.49. The number of carbonyl (C=O) groups is 1. The molecule has 36 heavy (non-hydrogen) atoms. The highest BCUT2D eigenvalue weighted by Crippen LogP contribution is 2.43. The molecule has 0 aliphatic carbocycles. The van der Waals surface area contributed by atoms with E-state index in [0.717, 1.165) is 28.1 Å². The quantitative estimate of drug-likeness (QED) is 0.502. The number of hydrogen-bond acceptors (Lipinski definition) is 5. The van der Waals surface area contributed by atoms with Crippen LogP contribution in [0.4, 0.5) is 16.2 Å². The zero-order chi connectivity index (χ0) is 25.7. The minimum absolute atomic E-state index is 0.0360. The van der Waals surface area contributed by atoms with E-state index in [-0.39, 0.29) is 18.6 Å². The Bertz CT molecular complexity index is 1070. The van der Waals surface area contributed by atoms with Crippen molar-refractivity contribution in [3.05, 3.63) is 95.6 Å². The first kappa shape index (κ1) is 25.6. The van der Waals surface area contributed by atoms with Crippen molar-refractivity contribution in [3.8, 4) is 0 Å². The molecule has 1 heterocycles. The van der Waals surface area contributed by atoms with E-state index in [1.807, 2.05) is 117 Å². The molecule has 1 aliphatic rings. The molecule has 0 aromatic heterocycles. The van der Waals surface area contributed by atoms with Crippen LogP contribution in [0.2, 0.25) is 0 Å². The van der Waals surface area contributed by atoms with Crippen LogP contribution in [0.15, 0.2) is 78.9 Å². The Kier molecular flexibility index (Phi) is 7.85. The predicted molar refractivity (Wildman–Crippen MR) is 145 cm³/mol. The van der Waals surface area contributed by atoms with Crippen molar-refractivity contribution in [3.63, 3.8) is 0 Å². The Morgan fingerprint density at radius 3 is 1.75 bits per heavy atom. The highest BCUT2D eigenvalue weighted by molar-refractivity contribution is 5.67. The van der Waals surface area contributed by atoms with Gasteiger partial charge in [0.2, 0.25) is 0 Å². The average Bonchev–Trinajstić information content (AvgIpc) is 2.92. The van der Waals surface area contributed by atoms with Gasteiger partial charge in [0.1, 0.15) is 12.2 Å². The van der Waals surface area contributed by atoms with Gasteiger partial charge in [0.15, 0.2) is 0 Å². The summed E-state index contributed by atoms with van der Waals surface area (Å²) < 4.78 is 5.54. The van der Waals surface area contributed by atoms with Crippen molar-refractivity contribution in [1.82, 2.24) is 4.90 Å². The minimum atomic E-state index is -1.16. The van der Waals surface area contributed by atoms with Gasteiger partial charge < -0.3 is 24.5 Å². The Labute approximate surface area is 214 Å². The molecule has 4 rings (SSSR count). The van der Waals surface area contributed by atoms with Crippen LogP contribution >= 0.6 is 0 Å². The number of carbonyl (C=O) groups excluding carboxylic acids is 1. The fourth-order valence-corrected chi connectivity index (χ4v) is 4.96. The Morgan fingerprint density at radius 1 is 0.833 bits per heavy atom. The molecule has 0 radical (unpaired) electrons. The monoisotopic (exact) mass is 487 g/mol. The lowest BCUT2D eigenvalue weighted by atomic mass is 9.72. The third-order valence-electron chi connectivity index (χ3n) is 7.20. The maximum Gasteiger partial charge on any atom is 0.410 e. The maximum absolute atomic E-state index is 12.7. The lowest BCUT2D eigenvalue weighted by molar-refractivity contribution is -0.0149. The number of likely N-dealkylation sites (tertiary alicyclic amines) is 1. The first-order chi connectivity index (χ1) is 17.3. The fraction of sp³-hybridized carbons (Fsp3) is 0.367. The first-order valence-electron chi connectivity index (χ1n) is 12.5. The van der Waals surface area contributed by atoms with Crippen LogP contribution in [0.1, 0.15) is 29.5 Å². The normalized spacial score (nSPS) is 14.4. The predicted octanol–water partition coefficient (Wildman–Crippen LogP) is 5.10. The Hall–Kier alpha value is -3.51. The summed E-state index contributed by atoms with van der Waals surface area (Å²) in [4.78, 5) is 18.6. The van der Waals surface area contributed by atoms with Gasteiger partial charge in [0.05, 0.1) is 0 Å². The molecule has 0 saturated carbocycles. The summed E-state index contributed by atoms with van der Waals surface area (Å²) in [5.41, 5.74) is 3.72. The van der Waals surface area contributed by atoms with Crippen LogP contribution < -0.4 is 9.80 Å². The molecule has 1 amide bonds. The molecule has 0 unspecified atom stereocenters. The first-order valence-corrected chi connectivity index (χ1v) is 12.5. The van der Waals surface area contributed by atoms with Crippen LogP contribution in [0.5, 0.6) is 0 Å². The minimum Gasteiger partial charge on any atom is -0.445 e. The number of nitrogens with zero attached hydrogens (tertiary/aromatic N) is 3. The number of ether oxygens (including phenoxy) is 1. The number of amides is 1. The fourth-order valence-electron chi connectivity index (χ4n) is 4.96. The van der Waals surface area contributed by atoms with Gasteiger partial charge in [-0.15, -0.1) is 0 Å². The number of benzene rings is 3. The topological polar surface area (TPSA) is 56.2 Å². The summed E-state index contributed by atoms with van der Waals surface area (Å²) in [6.07, 6.45) is 1.07. The molecule has 1 saturated heterocycles. The molecular weight excluding hydrogens is 450 g/mol. The summed E-state index contributed by atoms with van der Waals surface area (Å²) >= 11 is 0. The van der Waals surface area contributed by atoms with Gasteiger partial charge in [-0.25, -0.2) is 4.79 Å². The van der Waals surface area contributed by atoms with E-state index in [4.69, 9.17) is 4.74 Å². The number of hydrogen-bond donors (Lipinski definition) is 1. The van der Waals surface area contributed by atoms with E-state index in [2.05, 4.69) is 0 Å². The van der Waals surface area contributed by atoms with Gasteiger partial charge in [-0.05, 0) is 59.7 Å². The molecule has 1 fully saturated rings. The molecule has 190 valence electrons. The second kappa shape index (κ2) is 11.0. The van der Waals surface area contributed by atoms with Crippen LogP contribution in [-0.4, -0.2) is 57.4 Å². The molecule has 6 nitrogen and oxygen atoms in total. The highest BCUT2D eigenvalue weighted by atomic mass is 16.6. The van der Waals surface area contributed by atoms with E-state index >= 15 is 0 Å². The van der Waals surface area contributed by atoms with E-state index in [9.17, 15) is 9.90 Å². The molecule has 0 atom stereocenters. The van der Waals surface area contributed by atoms with Gasteiger partial charge in [0, 0.05) is 52.7 Å². The van der Waals surface area contributed by atoms with Crippen LogP contribution in [0.3, 0.4) is 0 Å². The van der Waals surface area contributed by atoms with Gasteiger partial charge in [-0.3, -0.25) is 0 Å². The van der Waals surface area contributed by atoms with Crippen LogP contribution in [-0.2, 0) is 16.9 Å². The SMILES string of the molecule is CN(C)c1ccc(C(O)(c2ccc(N(C)C)cc2)C2CCN(C(=O)OCc3ccccc3)CC2)cc1. The summed E-state index contributed by atoms with van der Waals surface area (Å²) in [5.74, 6) is -0.0360. The van der Waals surface area contributed by atoms with Gasteiger partial charge in [-0.1, -0.05) is 54.6 Å². The molecule has 0 bridgehead atoms. The third-order valence-corrected chi connectivity index (χ3v) is 7.20. The lowest BCUT2D eigenvalue weighted by Gasteiger charge is -2.42. The molecule has 3 aromatic rings. The summed E-state index contributed by atoms with van der Waals surface area (Å²) in [6, 6.07) is 26.0. The second-order valence-electron chi connectivity index (χ2n) is 9.95. The Morgan fingerprint density at radius 2 is 1.31 bits per heavy atom. The summed E-state index contributed by atoms with van der Waals surface area (Å²) in [6.45, 7) is 1.36. The van der Waals surface area contributed by atoms with Gasteiger partial charge >= 0.3 is 6.09 Å². The van der Waals surface area contributed by atoms with Crippen molar-refractivity contribution in [2.75, 3.05) is 51.1 Å². The molecular formula is C30H37N3O3. The molecule has 1 aliphatic heterocycles. The number of piperidine rings is 1. The summed E-state index contributed by atoms with van der Waals surface area (Å²) in [7, 11) is 8.03. The molecule has 6 heteroatoms. The van der Waals surface area contributed by atoms with E-state index in [1.165, 1.54) is 0 Å². The van der Waals surface area contributed by atoms with E-state index < -0.39 is 5.60 Å². The van der Waals surface area contributed by atoms with Crippen LogP contribution in [0.25, 0.3) is 0 Å². The zero-order valence-electron chi connectivity index (χ0n) is 21.7. The Balaban J connectivity index is 1.52. The number of rotatable bonds is 7. The maximum atomic E-state index is 12.7. The van der Waals surface area contributed by atoms with Gasteiger partial charge in [0.25, 0.3) is 0 Å². The van der Waals surface area contributed by atoms with Crippen molar-refractivity contribution < 1.29 is 14.6 Å². The van der Waals surface area contributed by atoms with Crippen LogP contribution in [0, 0.1) is 5.92 Å².